The van der Waals surface area contributed by atoms with E-state index in [0.29, 0.717) is 11.6 Å². The quantitative estimate of drug-likeness (QED) is 0.615. The highest BCUT2D eigenvalue weighted by Crippen LogP contribution is 2.55. The van der Waals surface area contributed by atoms with Crippen molar-refractivity contribution < 1.29 is 22.7 Å². The standard InChI is InChI=1S/C23H24F3NO2/c24-23(25,26)18-6-8-19(9-7-18)27-21(28)29-20-12-15-22(20)13-10-17(11-14-22)16-4-2-1-3-5-16/h1-9,17,20H,10-15H2,(H,27,28). The lowest BCUT2D eigenvalue weighted by molar-refractivity contribution is -0.137. The summed E-state index contributed by atoms with van der Waals surface area (Å²) < 4.78 is 43.6. The van der Waals surface area contributed by atoms with Crippen molar-refractivity contribution in [1.82, 2.24) is 0 Å². The molecule has 0 radical (unpaired) electrons. The predicted octanol–water partition coefficient (Wildman–Crippen LogP) is 6.76. The van der Waals surface area contributed by atoms with E-state index < -0.39 is 17.8 Å². The first kappa shape index (κ1) is 19.8. The molecule has 2 aromatic carbocycles. The highest BCUT2D eigenvalue weighted by atomic mass is 19.4. The molecule has 0 bridgehead atoms. The second-order valence-corrected chi connectivity index (χ2v) is 8.18. The molecule has 2 aromatic rings. The predicted molar refractivity (Wildman–Crippen MR) is 105 cm³/mol. The lowest BCUT2D eigenvalue weighted by atomic mass is 9.56. The van der Waals surface area contributed by atoms with Gasteiger partial charge in [0.25, 0.3) is 0 Å². The summed E-state index contributed by atoms with van der Waals surface area (Å²) in [6.07, 6.45) is 1.04. The topological polar surface area (TPSA) is 38.3 Å². The summed E-state index contributed by atoms with van der Waals surface area (Å²) in [7, 11) is 0. The fourth-order valence-electron chi connectivity index (χ4n) is 4.70. The van der Waals surface area contributed by atoms with Crippen molar-refractivity contribution in [2.75, 3.05) is 5.32 Å². The van der Waals surface area contributed by atoms with Crippen LogP contribution in [-0.2, 0) is 10.9 Å². The molecule has 0 aromatic heterocycles. The zero-order valence-electron chi connectivity index (χ0n) is 16.0. The van der Waals surface area contributed by atoms with Gasteiger partial charge < -0.3 is 4.74 Å². The molecule has 29 heavy (non-hydrogen) atoms. The normalized spacial score (nSPS) is 26.6. The molecule has 2 saturated carbocycles. The first-order valence-electron chi connectivity index (χ1n) is 10.1. The van der Waals surface area contributed by atoms with E-state index in [9.17, 15) is 18.0 Å². The van der Waals surface area contributed by atoms with Gasteiger partial charge in [-0.05, 0) is 74.3 Å². The second-order valence-electron chi connectivity index (χ2n) is 8.18. The zero-order chi connectivity index (χ0) is 20.5. The van der Waals surface area contributed by atoms with Crippen molar-refractivity contribution in [2.24, 2.45) is 5.41 Å². The molecule has 1 amide bonds. The van der Waals surface area contributed by atoms with Gasteiger partial charge in [-0.25, -0.2) is 4.79 Å². The van der Waals surface area contributed by atoms with Crippen molar-refractivity contribution >= 4 is 11.8 Å². The van der Waals surface area contributed by atoms with Gasteiger partial charge in [0.05, 0.1) is 5.56 Å². The molecule has 0 saturated heterocycles. The Hall–Kier alpha value is -2.50. The van der Waals surface area contributed by atoms with Gasteiger partial charge in [0.15, 0.2) is 0 Å². The number of benzene rings is 2. The average Bonchev–Trinajstić information content (AvgIpc) is 2.72. The minimum atomic E-state index is -4.39. The van der Waals surface area contributed by atoms with Crippen molar-refractivity contribution in [3.8, 4) is 0 Å². The van der Waals surface area contributed by atoms with Gasteiger partial charge in [0.1, 0.15) is 6.10 Å². The van der Waals surface area contributed by atoms with Crippen LogP contribution in [-0.4, -0.2) is 12.2 Å². The van der Waals surface area contributed by atoms with Crippen LogP contribution in [0.25, 0.3) is 0 Å². The Balaban J connectivity index is 1.30. The fourth-order valence-corrected chi connectivity index (χ4v) is 4.70. The second kappa shape index (κ2) is 7.73. The van der Waals surface area contributed by atoms with Crippen molar-refractivity contribution in [3.63, 3.8) is 0 Å². The first-order valence-corrected chi connectivity index (χ1v) is 10.1. The molecule has 3 nitrogen and oxygen atoms in total. The molecular weight excluding hydrogens is 379 g/mol. The van der Waals surface area contributed by atoms with E-state index in [1.54, 1.807) is 0 Å². The number of carbonyl (C=O) groups is 1. The third kappa shape index (κ3) is 4.26. The monoisotopic (exact) mass is 403 g/mol. The summed E-state index contributed by atoms with van der Waals surface area (Å²) in [4.78, 5) is 12.3. The lowest BCUT2D eigenvalue weighted by Gasteiger charge is -2.52. The molecule has 1 atom stereocenters. The summed E-state index contributed by atoms with van der Waals surface area (Å²) in [5.41, 5.74) is 0.982. The molecule has 0 heterocycles. The van der Waals surface area contributed by atoms with E-state index in [0.717, 1.165) is 50.7 Å². The number of carbonyl (C=O) groups excluding carboxylic acids is 1. The molecular formula is C23H24F3NO2. The maximum atomic E-state index is 12.6. The number of ether oxygens (including phenoxy) is 1. The molecule has 1 spiro atoms. The van der Waals surface area contributed by atoms with Gasteiger partial charge in [-0.2, -0.15) is 13.2 Å². The molecule has 154 valence electrons. The van der Waals surface area contributed by atoms with Crippen LogP contribution in [0.2, 0.25) is 0 Å². The average molecular weight is 403 g/mol. The van der Waals surface area contributed by atoms with Gasteiger partial charge in [0, 0.05) is 11.1 Å². The summed E-state index contributed by atoms with van der Waals surface area (Å²) in [5, 5.41) is 2.55. The van der Waals surface area contributed by atoms with Crippen molar-refractivity contribution in [2.45, 2.75) is 56.7 Å². The number of amides is 1. The number of hydrogen-bond donors (Lipinski definition) is 1. The maximum absolute atomic E-state index is 12.6. The molecule has 1 unspecified atom stereocenters. The Morgan fingerprint density at radius 2 is 1.55 bits per heavy atom. The third-order valence-electron chi connectivity index (χ3n) is 6.55. The van der Waals surface area contributed by atoms with Crippen LogP contribution in [0.4, 0.5) is 23.7 Å². The molecule has 1 N–H and O–H groups in total. The van der Waals surface area contributed by atoms with Gasteiger partial charge in [-0.15, -0.1) is 0 Å². The number of rotatable bonds is 3. The highest BCUT2D eigenvalue weighted by Gasteiger charge is 2.50. The number of halogens is 3. The summed E-state index contributed by atoms with van der Waals surface area (Å²) in [6.45, 7) is 0. The van der Waals surface area contributed by atoms with E-state index in [-0.39, 0.29) is 11.5 Å². The van der Waals surface area contributed by atoms with Crippen molar-refractivity contribution in [3.05, 3.63) is 65.7 Å². The molecule has 6 heteroatoms. The SMILES string of the molecule is O=C(Nc1ccc(C(F)(F)F)cc1)OC1CCC12CCC(c1ccccc1)CC2. The number of hydrogen-bond acceptors (Lipinski definition) is 2. The fraction of sp³-hybridized carbons (Fsp3) is 0.435. The van der Waals surface area contributed by atoms with Gasteiger partial charge in [-0.1, -0.05) is 30.3 Å². The van der Waals surface area contributed by atoms with Gasteiger partial charge >= 0.3 is 12.3 Å². The smallest absolute Gasteiger partial charge is 0.416 e. The van der Waals surface area contributed by atoms with Crippen LogP contribution in [0.15, 0.2) is 54.6 Å². The molecule has 4 rings (SSSR count). The lowest BCUT2D eigenvalue weighted by Crippen LogP contribution is -2.49. The van der Waals surface area contributed by atoms with Crippen LogP contribution in [0.1, 0.15) is 55.6 Å². The Morgan fingerprint density at radius 1 is 0.931 bits per heavy atom. The van der Waals surface area contributed by atoms with E-state index >= 15 is 0 Å². The van der Waals surface area contributed by atoms with E-state index in [2.05, 4.69) is 29.6 Å². The van der Waals surface area contributed by atoms with E-state index in [4.69, 9.17) is 4.74 Å². The van der Waals surface area contributed by atoms with Gasteiger partial charge in [0.2, 0.25) is 0 Å². The van der Waals surface area contributed by atoms with Crippen LogP contribution >= 0.6 is 0 Å². The van der Waals surface area contributed by atoms with Crippen molar-refractivity contribution in [1.29, 1.82) is 0 Å². The number of alkyl halides is 3. The van der Waals surface area contributed by atoms with Crippen LogP contribution in [0.3, 0.4) is 0 Å². The molecule has 2 aliphatic carbocycles. The maximum Gasteiger partial charge on any atom is 0.416 e. The summed E-state index contributed by atoms with van der Waals surface area (Å²) in [5.74, 6) is 0.559. The van der Waals surface area contributed by atoms with Crippen LogP contribution in [0.5, 0.6) is 0 Å². The summed E-state index contributed by atoms with van der Waals surface area (Å²) >= 11 is 0. The minimum Gasteiger partial charge on any atom is -0.445 e. The first-order chi connectivity index (χ1) is 13.9. The minimum absolute atomic E-state index is 0.0583. The zero-order valence-corrected chi connectivity index (χ0v) is 16.0. The van der Waals surface area contributed by atoms with E-state index in [1.807, 2.05) is 6.07 Å². The van der Waals surface area contributed by atoms with Crippen LogP contribution in [0, 0.1) is 5.41 Å². The van der Waals surface area contributed by atoms with E-state index in [1.165, 1.54) is 17.7 Å². The molecule has 2 aliphatic rings. The number of nitrogens with one attached hydrogen (secondary N) is 1. The molecule has 0 aliphatic heterocycles. The third-order valence-corrected chi connectivity index (χ3v) is 6.55. The highest BCUT2D eigenvalue weighted by molar-refractivity contribution is 5.84. The summed E-state index contributed by atoms with van der Waals surface area (Å²) in [6, 6.07) is 14.9. The Kier molecular flexibility index (Phi) is 5.28. The van der Waals surface area contributed by atoms with Crippen LogP contribution < -0.4 is 5.32 Å². The Labute approximate surface area is 168 Å². The largest absolute Gasteiger partial charge is 0.445 e. The Morgan fingerprint density at radius 3 is 2.10 bits per heavy atom. The van der Waals surface area contributed by atoms with Gasteiger partial charge in [-0.3, -0.25) is 5.32 Å². The Bertz CT molecular complexity index is 841. The molecule has 2 fully saturated rings. The number of anilines is 1.